The Labute approximate surface area is 153 Å². The highest BCUT2D eigenvalue weighted by Crippen LogP contribution is 2.26. The SMILES string of the molecule is CCC(N/C=C(/C#N)C(=O)NCCC(=O)O)c1ccc2c(c1)CCCC2. The van der Waals surface area contributed by atoms with Crippen molar-refractivity contribution in [3.05, 3.63) is 46.7 Å². The first-order valence-corrected chi connectivity index (χ1v) is 9.03. The van der Waals surface area contributed by atoms with E-state index in [2.05, 4.69) is 28.8 Å². The van der Waals surface area contributed by atoms with Crippen LogP contribution in [-0.4, -0.2) is 23.5 Å². The average Bonchev–Trinajstić information content (AvgIpc) is 2.64. The fourth-order valence-corrected chi connectivity index (χ4v) is 3.13. The third-order valence-electron chi connectivity index (χ3n) is 4.60. The zero-order chi connectivity index (χ0) is 18.9. The Kier molecular flexibility index (Phi) is 7.22. The summed E-state index contributed by atoms with van der Waals surface area (Å²) < 4.78 is 0. The summed E-state index contributed by atoms with van der Waals surface area (Å²) in [5.41, 5.74) is 3.89. The highest BCUT2D eigenvalue weighted by molar-refractivity contribution is 5.97. The highest BCUT2D eigenvalue weighted by Gasteiger charge is 2.15. The van der Waals surface area contributed by atoms with E-state index in [4.69, 9.17) is 5.11 Å². The van der Waals surface area contributed by atoms with Crippen LogP contribution < -0.4 is 10.6 Å². The molecule has 0 aromatic heterocycles. The van der Waals surface area contributed by atoms with Crippen molar-refractivity contribution in [3.63, 3.8) is 0 Å². The minimum absolute atomic E-state index is 0.00475. The predicted molar refractivity (Wildman–Crippen MR) is 98.2 cm³/mol. The standard InChI is InChI=1S/C20H25N3O3/c1-2-18(16-8-7-14-5-3-4-6-15(14)11-16)23-13-17(12-21)20(26)22-10-9-19(24)25/h7-8,11,13,18,23H,2-6,9-10H2,1H3,(H,22,26)(H,24,25)/b17-13-. The van der Waals surface area contributed by atoms with Crippen LogP contribution in [0.4, 0.5) is 0 Å². The number of nitrogens with one attached hydrogen (secondary N) is 2. The van der Waals surface area contributed by atoms with Gasteiger partial charge < -0.3 is 15.7 Å². The fraction of sp³-hybridized carbons (Fsp3) is 0.450. The molecule has 1 aromatic carbocycles. The number of rotatable bonds is 8. The average molecular weight is 355 g/mol. The number of carboxylic acids is 1. The molecule has 1 amide bonds. The van der Waals surface area contributed by atoms with E-state index in [1.165, 1.54) is 30.2 Å². The molecule has 0 bridgehead atoms. The van der Waals surface area contributed by atoms with Crippen LogP contribution in [0.5, 0.6) is 0 Å². The van der Waals surface area contributed by atoms with Crippen molar-refractivity contribution in [2.24, 2.45) is 0 Å². The maximum Gasteiger partial charge on any atom is 0.305 e. The molecule has 0 saturated heterocycles. The molecule has 138 valence electrons. The van der Waals surface area contributed by atoms with Gasteiger partial charge in [0, 0.05) is 12.7 Å². The minimum atomic E-state index is -0.996. The molecule has 1 unspecified atom stereocenters. The van der Waals surface area contributed by atoms with E-state index < -0.39 is 11.9 Å². The van der Waals surface area contributed by atoms with Gasteiger partial charge >= 0.3 is 5.97 Å². The molecule has 3 N–H and O–H groups in total. The summed E-state index contributed by atoms with van der Waals surface area (Å²) >= 11 is 0. The number of hydrogen-bond donors (Lipinski definition) is 3. The number of fused-ring (bicyclic) bond motifs is 1. The second-order valence-electron chi connectivity index (χ2n) is 6.43. The lowest BCUT2D eigenvalue weighted by atomic mass is 9.89. The lowest BCUT2D eigenvalue weighted by Crippen LogP contribution is -2.28. The quantitative estimate of drug-likeness (QED) is 0.491. The van der Waals surface area contributed by atoms with Gasteiger partial charge in [-0.15, -0.1) is 0 Å². The lowest BCUT2D eigenvalue weighted by Gasteiger charge is -2.21. The Hall–Kier alpha value is -2.81. The van der Waals surface area contributed by atoms with Gasteiger partial charge in [-0.2, -0.15) is 5.26 Å². The van der Waals surface area contributed by atoms with Crippen LogP contribution in [0.1, 0.15) is 55.3 Å². The van der Waals surface area contributed by atoms with Crippen LogP contribution in [0.3, 0.4) is 0 Å². The Bertz CT molecular complexity index is 734. The van der Waals surface area contributed by atoms with Gasteiger partial charge in [0.05, 0.1) is 12.5 Å². The summed E-state index contributed by atoms with van der Waals surface area (Å²) in [4.78, 5) is 22.4. The molecule has 1 aliphatic carbocycles. The van der Waals surface area contributed by atoms with E-state index in [-0.39, 0.29) is 24.6 Å². The number of hydrogen-bond acceptors (Lipinski definition) is 4. The molecule has 0 saturated carbocycles. The van der Waals surface area contributed by atoms with E-state index in [1.807, 2.05) is 13.0 Å². The normalized spacial score (nSPS) is 14.7. The van der Waals surface area contributed by atoms with Gasteiger partial charge in [0.15, 0.2) is 0 Å². The summed E-state index contributed by atoms with van der Waals surface area (Å²) in [6.07, 6.45) is 6.76. The van der Waals surface area contributed by atoms with E-state index in [1.54, 1.807) is 0 Å². The van der Waals surface area contributed by atoms with E-state index in [0.29, 0.717) is 0 Å². The van der Waals surface area contributed by atoms with Gasteiger partial charge in [0.2, 0.25) is 0 Å². The van der Waals surface area contributed by atoms with Crippen LogP contribution in [0, 0.1) is 11.3 Å². The summed E-state index contributed by atoms with van der Waals surface area (Å²) in [5.74, 6) is -1.56. The van der Waals surface area contributed by atoms with Gasteiger partial charge in [-0.25, -0.2) is 0 Å². The molecule has 2 rings (SSSR count). The molecule has 0 radical (unpaired) electrons. The van der Waals surface area contributed by atoms with Gasteiger partial charge in [0.1, 0.15) is 11.6 Å². The number of carbonyl (C=O) groups excluding carboxylic acids is 1. The Balaban J connectivity index is 2.03. The monoisotopic (exact) mass is 355 g/mol. The number of nitriles is 1. The van der Waals surface area contributed by atoms with Gasteiger partial charge in [-0.05, 0) is 48.8 Å². The van der Waals surface area contributed by atoms with Crippen LogP contribution >= 0.6 is 0 Å². The molecule has 0 spiro atoms. The number of aliphatic carboxylic acids is 1. The zero-order valence-electron chi connectivity index (χ0n) is 15.0. The summed E-state index contributed by atoms with van der Waals surface area (Å²) in [7, 11) is 0. The highest BCUT2D eigenvalue weighted by atomic mass is 16.4. The second kappa shape index (κ2) is 9.62. The zero-order valence-corrected chi connectivity index (χ0v) is 15.0. The number of nitrogens with zero attached hydrogens (tertiary/aromatic N) is 1. The molecule has 0 fully saturated rings. The Morgan fingerprint density at radius 3 is 2.69 bits per heavy atom. The van der Waals surface area contributed by atoms with Crippen LogP contribution in [-0.2, 0) is 22.4 Å². The predicted octanol–water partition coefficient (Wildman–Crippen LogP) is 2.60. The maximum atomic E-state index is 11.9. The van der Waals surface area contributed by atoms with Gasteiger partial charge in [-0.1, -0.05) is 25.1 Å². The number of aryl methyl sites for hydroxylation is 2. The van der Waals surface area contributed by atoms with Crippen molar-refractivity contribution in [2.75, 3.05) is 6.54 Å². The largest absolute Gasteiger partial charge is 0.481 e. The summed E-state index contributed by atoms with van der Waals surface area (Å²) in [6.45, 7) is 2.04. The topological polar surface area (TPSA) is 102 Å². The van der Waals surface area contributed by atoms with E-state index >= 15 is 0 Å². The van der Waals surface area contributed by atoms with Gasteiger partial charge in [-0.3, -0.25) is 9.59 Å². The van der Waals surface area contributed by atoms with Gasteiger partial charge in [0.25, 0.3) is 5.91 Å². The molecule has 1 aromatic rings. The Morgan fingerprint density at radius 1 is 1.31 bits per heavy atom. The molecular weight excluding hydrogens is 330 g/mol. The van der Waals surface area contributed by atoms with Crippen molar-refractivity contribution in [1.29, 1.82) is 5.26 Å². The first kappa shape index (κ1) is 19.5. The van der Waals surface area contributed by atoms with Crippen LogP contribution in [0.25, 0.3) is 0 Å². The molecule has 6 heteroatoms. The van der Waals surface area contributed by atoms with Crippen molar-refractivity contribution in [2.45, 2.75) is 51.5 Å². The van der Waals surface area contributed by atoms with Crippen molar-refractivity contribution >= 4 is 11.9 Å². The first-order chi connectivity index (χ1) is 12.5. The number of carboxylic acid groups (broad SMARTS) is 1. The van der Waals surface area contributed by atoms with E-state index in [9.17, 15) is 14.9 Å². The minimum Gasteiger partial charge on any atom is -0.481 e. The molecular formula is C20H25N3O3. The number of amides is 1. The molecule has 6 nitrogen and oxygen atoms in total. The van der Waals surface area contributed by atoms with Crippen molar-refractivity contribution in [1.82, 2.24) is 10.6 Å². The van der Waals surface area contributed by atoms with Crippen molar-refractivity contribution in [3.8, 4) is 6.07 Å². The maximum absolute atomic E-state index is 11.9. The van der Waals surface area contributed by atoms with Crippen molar-refractivity contribution < 1.29 is 14.7 Å². The molecule has 0 heterocycles. The summed E-state index contributed by atoms with van der Waals surface area (Å²) in [6, 6.07) is 8.39. The molecule has 26 heavy (non-hydrogen) atoms. The van der Waals surface area contributed by atoms with E-state index in [0.717, 1.165) is 24.8 Å². The third kappa shape index (κ3) is 5.35. The lowest BCUT2D eigenvalue weighted by molar-refractivity contribution is -0.136. The number of benzene rings is 1. The molecule has 1 aliphatic rings. The smallest absolute Gasteiger partial charge is 0.305 e. The molecule has 0 aliphatic heterocycles. The first-order valence-electron chi connectivity index (χ1n) is 9.03. The third-order valence-corrected chi connectivity index (χ3v) is 4.60. The number of carbonyl (C=O) groups is 2. The molecule has 1 atom stereocenters. The Morgan fingerprint density at radius 2 is 2.04 bits per heavy atom. The fourth-order valence-electron chi connectivity index (χ4n) is 3.13. The van der Waals surface area contributed by atoms with Crippen LogP contribution in [0.2, 0.25) is 0 Å². The second-order valence-corrected chi connectivity index (χ2v) is 6.43. The van der Waals surface area contributed by atoms with Crippen LogP contribution in [0.15, 0.2) is 30.0 Å². The summed E-state index contributed by atoms with van der Waals surface area (Å²) in [5, 5.41) is 23.4.